The largest absolute Gasteiger partial charge is 0.398 e. The van der Waals surface area contributed by atoms with Crippen LogP contribution in [0, 0.1) is 0 Å². The molecule has 1 aliphatic carbocycles. The maximum Gasteiger partial charge on any atom is 0.0355 e. The van der Waals surface area contributed by atoms with E-state index in [-0.39, 0.29) is 0 Å². The molecule has 88 valence electrons. The molecule has 0 spiro atoms. The first-order valence-corrected chi connectivity index (χ1v) is 7.03. The molecule has 0 saturated heterocycles. The van der Waals surface area contributed by atoms with Gasteiger partial charge in [-0.05, 0) is 47.2 Å². The van der Waals surface area contributed by atoms with E-state index in [1.54, 1.807) is 0 Å². The van der Waals surface area contributed by atoms with Crippen LogP contribution in [0.2, 0.25) is 0 Å². The van der Waals surface area contributed by atoms with Gasteiger partial charge in [0.15, 0.2) is 0 Å². The van der Waals surface area contributed by atoms with Crippen molar-refractivity contribution in [3.8, 4) is 0 Å². The SMILES string of the molecule is Nc1ccc2c(Br)cccc2c1C1CCCC1. The van der Waals surface area contributed by atoms with Crippen molar-refractivity contribution in [2.24, 2.45) is 0 Å². The molecule has 1 fully saturated rings. The molecule has 0 radical (unpaired) electrons. The summed E-state index contributed by atoms with van der Waals surface area (Å²) in [4.78, 5) is 0. The van der Waals surface area contributed by atoms with Gasteiger partial charge in [-0.25, -0.2) is 0 Å². The van der Waals surface area contributed by atoms with Gasteiger partial charge in [0, 0.05) is 10.2 Å². The zero-order chi connectivity index (χ0) is 11.8. The van der Waals surface area contributed by atoms with Gasteiger partial charge in [0.25, 0.3) is 0 Å². The first kappa shape index (κ1) is 11.1. The average Bonchev–Trinajstić information content (AvgIpc) is 2.82. The van der Waals surface area contributed by atoms with E-state index in [1.807, 2.05) is 0 Å². The van der Waals surface area contributed by atoms with E-state index in [0.29, 0.717) is 5.92 Å². The topological polar surface area (TPSA) is 26.0 Å². The Bertz CT molecular complexity index is 556. The zero-order valence-electron chi connectivity index (χ0n) is 9.75. The van der Waals surface area contributed by atoms with Gasteiger partial charge in [0.1, 0.15) is 0 Å². The van der Waals surface area contributed by atoms with Crippen LogP contribution in [0.3, 0.4) is 0 Å². The Morgan fingerprint density at radius 3 is 2.53 bits per heavy atom. The number of nitrogen functional groups attached to an aromatic ring is 1. The Balaban J connectivity index is 2.27. The number of rotatable bonds is 1. The summed E-state index contributed by atoms with van der Waals surface area (Å²) in [5.74, 6) is 0.660. The fourth-order valence-electron chi connectivity index (χ4n) is 3.03. The molecule has 1 nitrogen and oxygen atoms in total. The van der Waals surface area contributed by atoms with Crippen LogP contribution >= 0.6 is 15.9 Å². The Morgan fingerprint density at radius 1 is 1.00 bits per heavy atom. The van der Waals surface area contributed by atoms with Crippen molar-refractivity contribution in [2.45, 2.75) is 31.6 Å². The van der Waals surface area contributed by atoms with Gasteiger partial charge in [-0.2, -0.15) is 0 Å². The van der Waals surface area contributed by atoms with Crippen LogP contribution in [0.4, 0.5) is 5.69 Å². The van der Waals surface area contributed by atoms with Crippen molar-refractivity contribution >= 4 is 32.4 Å². The summed E-state index contributed by atoms with van der Waals surface area (Å²) in [6, 6.07) is 10.6. The summed E-state index contributed by atoms with van der Waals surface area (Å²) in [6.45, 7) is 0. The van der Waals surface area contributed by atoms with Crippen molar-refractivity contribution in [1.29, 1.82) is 0 Å². The molecule has 2 heteroatoms. The van der Waals surface area contributed by atoms with Gasteiger partial charge in [-0.1, -0.05) is 47.0 Å². The molecule has 0 unspecified atom stereocenters. The second kappa shape index (κ2) is 4.34. The number of nitrogens with two attached hydrogens (primary N) is 1. The maximum atomic E-state index is 6.20. The lowest BCUT2D eigenvalue weighted by Gasteiger charge is -2.16. The molecule has 0 aliphatic heterocycles. The van der Waals surface area contributed by atoms with Gasteiger partial charge >= 0.3 is 0 Å². The molecular weight excluding hydrogens is 274 g/mol. The first-order chi connectivity index (χ1) is 8.27. The number of fused-ring (bicyclic) bond motifs is 1. The summed E-state index contributed by atoms with van der Waals surface area (Å²) < 4.78 is 1.16. The highest BCUT2D eigenvalue weighted by molar-refractivity contribution is 9.10. The highest BCUT2D eigenvalue weighted by Crippen LogP contribution is 2.41. The molecule has 1 aliphatic rings. The number of hydrogen-bond acceptors (Lipinski definition) is 1. The smallest absolute Gasteiger partial charge is 0.0355 e. The quantitative estimate of drug-likeness (QED) is 0.747. The highest BCUT2D eigenvalue weighted by atomic mass is 79.9. The van der Waals surface area contributed by atoms with Crippen LogP contribution in [0.15, 0.2) is 34.8 Å². The van der Waals surface area contributed by atoms with Crippen molar-refractivity contribution in [3.63, 3.8) is 0 Å². The van der Waals surface area contributed by atoms with Crippen LogP contribution in [-0.4, -0.2) is 0 Å². The molecule has 17 heavy (non-hydrogen) atoms. The monoisotopic (exact) mass is 289 g/mol. The van der Waals surface area contributed by atoms with E-state index in [4.69, 9.17) is 5.73 Å². The molecule has 3 rings (SSSR count). The van der Waals surface area contributed by atoms with E-state index in [2.05, 4.69) is 46.3 Å². The third-order valence-corrected chi connectivity index (χ3v) is 4.54. The lowest BCUT2D eigenvalue weighted by atomic mass is 9.91. The van der Waals surface area contributed by atoms with Crippen LogP contribution in [0.5, 0.6) is 0 Å². The van der Waals surface area contributed by atoms with E-state index in [9.17, 15) is 0 Å². The second-order valence-corrected chi connectivity index (χ2v) is 5.74. The van der Waals surface area contributed by atoms with Gasteiger partial charge in [-0.15, -0.1) is 0 Å². The zero-order valence-corrected chi connectivity index (χ0v) is 11.3. The van der Waals surface area contributed by atoms with Gasteiger partial charge in [-0.3, -0.25) is 0 Å². The minimum Gasteiger partial charge on any atom is -0.398 e. The van der Waals surface area contributed by atoms with E-state index >= 15 is 0 Å². The summed E-state index contributed by atoms with van der Waals surface area (Å²) in [7, 11) is 0. The third kappa shape index (κ3) is 1.85. The summed E-state index contributed by atoms with van der Waals surface area (Å²) in [6.07, 6.45) is 5.26. The van der Waals surface area contributed by atoms with Crippen molar-refractivity contribution < 1.29 is 0 Å². The third-order valence-electron chi connectivity index (χ3n) is 3.85. The summed E-state index contributed by atoms with van der Waals surface area (Å²) in [5, 5.41) is 2.61. The lowest BCUT2D eigenvalue weighted by molar-refractivity contribution is 0.732. The Hall–Kier alpha value is -1.02. The molecule has 2 aromatic rings. The van der Waals surface area contributed by atoms with E-state index in [1.165, 1.54) is 42.0 Å². The van der Waals surface area contributed by atoms with E-state index in [0.717, 1.165) is 10.2 Å². The minimum absolute atomic E-state index is 0.660. The van der Waals surface area contributed by atoms with Gasteiger partial charge in [0.05, 0.1) is 0 Å². The number of halogens is 1. The Labute approximate surface area is 110 Å². The fourth-order valence-corrected chi connectivity index (χ4v) is 3.53. The average molecular weight is 290 g/mol. The minimum atomic E-state index is 0.660. The first-order valence-electron chi connectivity index (χ1n) is 6.24. The number of hydrogen-bond donors (Lipinski definition) is 1. The van der Waals surface area contributed by atoms with Gasteiger partial charge in [0.2, 0.25) is 0 Å². The Kier molecular flexibility index (Phi) is 2.83. The summed E-state index contributed by atoms with van der Waals surface area (Å²) in [5.41, 5.74) is 8.54. The lowest BCUT2D eigenvalue weighted by Crippen LogP contribution is -2.00. The number of benzene rings is 2. The van der Waals surface area contributed by atoms with Crippen molar-refractivity contribution in [1.82, 2.24) is 0 Å². The molecular formula is C15H16BrN. The summed E-state index contributed by atoms with van der Waals surface area (Å²) >= 11 is 3.62. The van der Waals surface area contributed by atoms with Crippen LogP contribution in [0.25, 0.3) is 10.8 Å². The molecule has 0 bridgehead atoms. The molecule has 0 aromatic heterocycles. The van der Waals surface area contributed by atoms with Crippen molar-refractivity contribution in [2.75, 3.05) is 5.73 Å². The molecule has 0 atom stereocenters. The molecule has 0 amide bonds. The van der Waals surface area contributed by atoms with Crippen molar-refractivity contribution in [3.05, 3.63) is 40.4 Å². The number of anilines is 1. The van der Waals surface area contributed by atoms with E-state index < -0.39 is 0 Å². The van der Waals surface area contributed by atoms with Gasteiger partial charge < -0.3 is 5.73 Å². The standard InChI is InChI=1S/C15H16BrN/c16-13-7-3-6-12-11(13)8-9-14(17)15(12)10-4-1-2-5-10/h3,6-10H,1-2,4-5,17H2. The van der Waals surface area contributed by atoms with Crippen LogP contribution in [0.1, 0.15) is 37.2 Å². The predicted octanol–water partition coefficient (Wildman–Crippen LogP) is 4.84. The predicted molar refractivity (Wildman–Crippen MR) is 77.3 cm³/mol. The second-order valence-electron chi connectivity index (χ2n) is 4.88. The fraction of sp³-hybridized carbons (Fsp3) is 0.333. The molecule has 1 saturated carbocycles. The normalized spacial score (nSPS) is 16.8. The Morgan fingerprint density at radius 2 is 1.76 bits per heavy atom. The molecule has 2 N–H and O–H groups in total. The van der Waals surface area contributed by atoms with Crippen LogP contribution in [-0.2, 0) is 0 Å². The molecule has 2 aromatic carbocycles. The van der Waals surface area contributed by atoms with Crippen LogP contribution < -0.4 is 5.73 Å². The molecule has 0 heterocycles. The highest BCUT2D eigenvalue weighted by Gasteiger charge is 2.21. The maximum absolute atomic E-state index is 6.20.